The summed E-state index contributed by atoms with van der Waals surface area (Å²) in [5, 5.41) is 8.58. The number of carboxylic acids is 1. The molecule has 0 fully saturated rings. The lowest BCUT2D eigenvalue weighted by molar-refractivity contribution is -0.137. The minimum atomic E-state index is -0.708. The molecule has 1 N–H and O–H groups in total. The van der Waals surface area contributed by atoms with Crippen LogP contribution in [0.15, 0.2) is 48.6 Å². The lowest BCUT2D eigenvalue weighted by atomic mass is 10.0. The summed E-state index contributed by atoms with van der Waals surface area (Å²) < 4.78 is 0. The van der Waals surface area contributed by atoms with E-state index in [-0.39, 0.29) is 6.42 Å². The molecule has 0 unspecified atom stereocenters. The third-order valence-corrected chi connectivity index (χ3v) is 6.72. The van der Waals surface area contributed by atoms with Gasteiger partial charge in [0.15, 0.2) is 0 Å². The Labute approximate surface area is 225 Å². The summed E-state index contributed by atoms with van der Waals surface area (Å²) in [7, 11) is 0. The highest BCUT2D eigenvalue weighted by Crippen LogP contribution is 2.14. The first-order valence-electron chi connectivity index (χ1n) is 15.6. The third kappa shape index (κ3) is 32.4. The van der Waals surface area contributed by atoms with Gasteiger partial charge in [-0.1, -0.05) is 158 Å². The minimum absolute atomic E-state index is 0.263. The van der Waals surface area contributed by atoms with Crippen molar-refractivity contribution in [2.24, 2.45) is 0 Å². The molecule has 0 aromatic carbocycles. The van der Waals surface area contributed by atoms with Gasteiger partial charge in [-0.05, 0) is 44.9 Å². The highest BCUT2D eigenvalue weighted by atomic mass is 16.4. The zero-order chi connectivity index (χ0) is 26.2. The van der Waals surface area contributed by atoms with E-state index in [1.54, 1.807) is 0 Å². The highest BCUT2D eigenvalue weighted by Gasteiger charge is 1.95. The topological polar surface area (TPSA) is 37.3 Å². The number of aliphatic carboxylic acids is 1. The Kier molecular flexibility index (Phi) is 30.1. The van der Waals surface area contributed by atoms with E-state index in [0.717, 1.165) is 32.1 Å². The second kappa shape index (κ2) is 31.5. The average molecular weight is 501 g/mol. The highest BCUT2D eigenvalue weighted by molar-refractivity contribution is 5.66. The number of allylic oxidation sites excluding steroid dienone is 8. The molecule has 0 aliphatic rings. The van der Waals surface area contributed by atoms with E-state index in [1.165, 1.54) is 116 Å². The molecule has 0 atom stereocenters. The zero-order valence-corrected chi connectivity index (χ0v) is 23.9. The van der Waals surface area contributed by atoms with Gasteiger partial charge < -0.3 is 5.11 Å². The van der Waals surface area contributed by atoms with Crippen LogP contribution in [0.3, 0.4) is 0 Å². The van der Waals surface area contributed by atoms with E-state index >= 15 is 0 Å². The van der Waals surface area contributed by atoms with Crippen molar-refractivity contribution in [1.29, 1.82) is 0 Å². The molecular formula is C34H60O2. The van der Waals surface area contributed by atoms with Crippen LogP contribution in [0.4, 0.5) is 0 Å². The lowest BCUT2D eigenvalue weighted by Gasteiger charge is -2.03. The summed E-state index contributed by atoms with van der Waals surface area (Å²) in [6.45, 7) is 2.29. The second-order valence-electron chi connectivity index (χ2n) is 10.3. The van der Waals surface area contributed by atoms with Crippen molar-refractivity contribution < 1.29 is 9.90 Å². The molecule has 0 saturated heterocycles. The molecule has 0 aromatic rings. The van der Waals surface area contributed by atoms with Crippen LogP contribution in [0, 0.1) is 0 Å². The van der Waals surface area contributed by atoms with Crippen LogP contribution in [-0.2, 0) is 4.79 Å². The van der Waals surface area contributed by atoms with Gasteiger partial charge in [-0.3, -0.25) is 4.79 Å². The fraction of sp³-hybridized carbons (Fsp3) is 0.735. The number of unbranched alkanes of at least 4 members (excludes halogenated alkanes) is 18. The van der Waals surface area contributed by atoms with Gasteiger partial charge in [0.2, 0.25) is 0 Å². The number of carboxylic acid groups (broad SMARTS) is 1. The molecule has 36 heavy (non-hydrogen) atoms. The quantitative estimate of drug-likeness (QED) is 0.0856. The zero-order valence-electron chi connectivity index (χ0n) is 23.9. The molecule has 0 heterocycles. The summed E-state index contributed by atoms with van der Waals surface area (Å²) in [5.74, 6) is -0.708. The average Bonchev–Trinajstić information content (AvgIpc) is 2.87. The number of rotatable bonds is 28. The Morgan fingerprint density at radius 2 is 0.750 bits per heavy atom. The third-order valence-electron chi connectivity index (χ3n) is 6.72. The Bertz CT molecular complexity index is 556. The van der Waals surface area contributed by atoms with Crippen LogP contribution in [-0.4, -0.2) is 11.1 Å². The monoisotopic (exact) mass is 500 g/mol. The van der Waals surface area contributed by atoms with Crippen molar-refractivity contribution >= 4 is 5.97 Å². The maximum atomic E-state index is 10.4. The molecule has 208 valence electrons. The molecule has 0 bridgehead atoms. The van der Waals surface area contributed by atoms with Gasteiger partial charge in [-0.15, -0.1) is 0 Å². The van der Waals surface area contributed by atoms with Gasteiger partial charge in [0.05, 0.1) is 0 Å². The molecular weight excluding hydrogens is 440 g/mol. The summed E-state index contributed by atoms with van der Waals surface area (Å²) >= 11 is 0. The molecule has 0 spiro atoms. The lowest BCUT2D eigenvalue weighted by Crippen LogP contribution is -1.92. The molecule has 2 heteroatoms. The van der Waals surface area contributed by atoms with Gasteiger partial charge in [0.1, 0.15) is 0 Å². The van der Waals surface area contributed by atoms with Gasteiger partial charge in [-0.25, -0.2) is 0 Å². The minimum Gasteiger partial charge on any atom is -0.481 e. The molecule has 0 rings (SSSR count). The van der Waals surface area contributed by atoms with Crippen LogP contribution in [0.2, 0.25) is 0 Å². The van der Waals surface area contributed by atoms with Crippen molar-refractivity contribution in [1.82, 2.24) is 0 Å². The van der Waals surface area contributed by atoms with E-state index in [1.807, 2.05) is 0 Å². The van der Waals surface area contributed by atoms with Gasteiger partial charge in [0.25, 0.3) is 0 Å². The van der Waals surface area contributed by atoms with Crippen molar-refractivity contribution in [3.8, 4) is 0 Å². The van der Waals surface area contributed by atoms with E-state index in [0.29, 0.717) is 0 Å². The number of carbonyl (C=O) groups is 1. The van der Waals surface area contributed by atoms with Crippen LogP contribution >= 0.6 is 0 Å². The maximum absolute atomic E-state index is 10.4. The molecule has 0 saturated carbocycles. The van der Waals surface area contributed by atoms with Crippen molar-refractivity contribution in [2.75, 3.05) is 0 Å². The first-order chi connectivity index (χ1) is 17.8. The molecule has 0 aliphatic carbocycles. The van der Waals surface area contributed by atoms with E-state index in [2.05, 4.69) is 55.5 Å². The van der Waals surface area contributed by atoms with Crippen LogP contribution < -0.4 is 0 Å². The summed E-state index contributed by atoms with van der Waals surface area (Å²) in [6, 6.07) is 0. The van der Waals surface area contributed by atoms with E-state index < -0.39 is 5.97 Å². The van der Waals surface area contributed by atoms with Crippen LogP contribution in [0.25, 0.3) is 0 Å². The van der Waals surface area contributed by atoms with E-state index in [9.17, 15) is 4.79 Å². The largest absolute Gasteiger partial charge is 0.481 e. The normalized spacial score (nSPS) is 12.2. The summed E-state index contributed by atoms with van der Waals surface area (Å²) in [6.07, 6.45) is 48.1. The second-order valence-corrected chi connectivity index (χ2v) is 10.3. The van der Waals surface area contributed by atoms with Crippen molar-refractivity contribution in [2.45, 2.75) is 161 Å². The summed E-state index contributed by atoms with van der Waals surface area (Å²) in [4.78, 5) is 10.4. The van der Waals surface area contributed by atoms with Gasteiger partial charge in [-0.2, -0.15) is 0 Å². The molecule has 0 radical (unpaired) electrons. The van der Waals surface area contributed by atoms with Crippen molar-refractivity contribution in [3.63, 3.8) is 0 Å². The molecule has 0 aliphatic heterocycles. The fourth-order valence-corrected chi connectivity index (χ4v) is 4.41. The Morgan fingerprint density at radius 3 is 1.11 bits per heavy atom. The van der Waals surface area contributed by atoms with E-state index in [4.69, 9.17) is 5.11 Å². The molecule has 2 nitrogen and oxygen atoms in total. The standard InChI is InChI=1S/C34H60O2/c1-2-3-4-5-6-7-8-9-10-11-12-13-14-15-16-17-18-19-20-21-22-23-24-25-26-27-28-29-30-31-32-33-34(35)36/h20-21,23-24,26-27,29-30H,2-19,22,25,28,31-33H2,1H3,(H,35,36)/b21-20-,24-23-,27-26-,30-29-. The smallest absolute Gasteiger partial charge is 0.303 e. The molecule has 0 amide bonds. The number of hydrogen-bond acceptors (Lipinski definition) is 1. The Morgan fingerprint density at radius 1 is 0.444 bits per heavy atom. The van der Waals surface area contributed by atoms with Crippen LogP contribution in [0.5, 0.6) is 0 Å². The SMILES string of the molecule is CCCCCCCCCCCCCCCCCCC/C=C\C/C=C\C/C=C\C/C=C\CCCC(=O)O. The number of hydrogen-bond donors (Lipinski definition) is 1. The molecule has 0 aromatic heterocycles. The van der Waals surface area contributed by atoms with Gasteiger partial charge >= 0.3 is 5.97 Å². The first kappa shape index (κ1) is 34.4. The Hall–Kier alpha value is -1.57. The van der Waals surface area contributed by atoms with Crippen molar-refractivity contribution in [3.05, 3.63) is 48.6 Å². The summed E-state index contributed by atoms with van der Waals surface area (Å²) in [5.41, 5.74) is 0. The predicted octanol–water partition coefficient (Wildman–Crippen LogP) is 11.7. The maximum Gasteiger partial charge on any atom is 0.303 e. The first-order valence-corrected chi connectivity index (χ1v) is 15.6. The fourth-order valence-electron chi connectivity index (χ4n) is 4.41. The Balaban J connectivity index is 3.25. The predicted molar refractivity (Wildman–Crippen MR) is 161 cm³/mol. The van der Waals surface area contributed by atoms with Crippen LogP contribution in [0.1, 0.15) is 161 Å². The van der Waals surface area contributed by atoms with Gasteiger partial charge in [0, 0.05) is 6.42 Å².